The summed E-state index contributed by atoms with van der Waals surface area (Å²) >= 11 is 0. The summed E-state index contributed by atoms with van der Waals surface area (Å²) in [4.78, 5) is 22.9. The van der Waals surface area contributed by atoms with Crippen LogP contribution in [-0.4, -0.2) is 24.6 Å². The minimum atomic E-state index is -0.0856. The molecule has 7 atom stereocenters. The van der Waals surface area contributed by atoms with Crippen molar-refractivity contribution >= 4 is 12.4 Å². The predicted molar refractivity (Wildman–Crippen MR) is 101 cm³/mol. The highest BCUT2D eigenvalue weighted by Gasteiger charge is 2.61. The quantitative estimate of drug-likeness (QED) is 0.412. The monoisotopic (exact) mass is 370 g/mol. The second-order valence-electron chi connectivity index (χ2n) is 9.87. The van der Waals surface area contributed by atoms with Gasteiger partial charge in [0, 0.05) is 18.3 Å². The Kier molecular flexibility index (Phi) is 3.71. The first-order valence-electron chi connectivity index (χ1n) is 10.6. The predicted octanol–water partition coefficient (Wildman–Crippen LogP) is 4.34. The van der Waals surface area contributed by atoms with Gasteiger partial charge in [-0.05, 0) is 49.4 Å². The maximum absolute atomic E-state index is 12.2. The molecule has 1 saturated heterocycles. The third-order valence-corrected chi connectivity index (χ3v) is 9.11. The Morgan fingerprint density at radius 3 is 2.85 bits per heavy atom. The number of hydrogen-bond acceptors (Lipinski definition) is 4. The van der Waals surface area contributed by atoms with Gasteiger partial charge in [-0.15, -0.1) is 0 Å². The highest BCUT2D eigenvalue weighted by Crippen LogP contribution is 2.65. The summed E-state index contributed by atoms with van der Waals surface area (Å²) in [5.41, 5.74) is 4.81. The van der Waals surface area contributed by atoms with Crippen LogP contribution in [0.1, 0.15) is 65.7 Å². The zero-order chi connectivity index (χ0) is 19.0. The molecule has 0 amide bonds. The molecule has 1 aliphatic heterocycles. The Balaban J connectivity index is 1.48. The average Bonchev–Trinajstić information content (AvgIpc) is 3.05. The van der Waals surface area contributed by atoms with Crippen molar-refractivity contribution in [2.24, 2.45) is 28.6 Å². The normalized spacial score (nSPS) is 48.0. The average molecular weight is 370 g/mol. The third kappa shape index (κ3) is 2.16. The molecule has 5 aliphatic rings. The van der Waals surface area contributed by atoms with E-state index < -0.39 is 0 Å². The fraction of sp³-hybridized carbons (Fsp3) is 0.739. The van der Waals surface area contributed by atoms with Gasteiger partial charge in [-0.1, -0.05) is 43.6 Å². The first-order chi connectivity index (χ1) is 12.9. The van der Waals surface area contributed by atoms with Crippen molar-refractivity contribution in [1.82, 2.24) is 0 Å². The Morgan fingerprint density at radius 1 is 1.26 bits per heavy atom. The molecule has 4 heteroatoms. The first kappa shape index (κ1) is 17.5. The molecule has 0 aromatic heterocycles. The van der Waals surface area contributed by atoms with Crippen molar-refractivity contribution in [2.45, 2.75) is 77.9 Å². The van der Waals surface area contributed by atoms with Crippen molar-refractivity contribution in [1.29, 1.82) is 0 Å². The van der Waals surface area contributed by atoms with Crippen LogP contribution in [0.15, 0.2) is 22.8 Å². The smallest absolute Gasteiger partial charge is 0.309 e. The van der Waals surface area contributed by atoms with Gasteiger partial charge in [0.1, 0.15) is 12.2 Å². The van der Waals surface area contributed by atoms with Crippen LogP contribution in [0, 0.1) is 28.6 Å². The Bertz CT molecular complexity index is 764. The number of fused-ring (bicyclic) bond motifs is 6. The van der Waals surface area contributed by atoms with Gasteiger partial charge < -0.3 is 9.47 Å². The molecular formula is C23H30O4. The number of ether oxygens (including phenoxy) is 2. The van der Waals surface area contributed by atoms with Gasteiger partial charge in [0.05, 0.1) is 5.92 Å². The molecule has 0 aromatic carbocycles. The molecule has 1 heterocycles. The van der Waals surface area contributed by atoms with E-state index in [9.17, 15) is 9.59 Å². The van der Waals surface area contributed by atoms with E-state index in [0.29, 0.717) is 18.3 Å². The third-order valence-electron chi connectivity index (χ3n) is 9.11. The number of carbonyl (C=O) groups excluding carboxylic acids is 2. The molecule has 2 fully saturated rings. The molecule has 1 saturated carbocycles. The lowest BCUT2D eigenvalue weighted by Crippen LogP contribution is -2.44. The van der Waals surface area contributed by atoms with Crippen molar-refractivity contribution in [3.63, 3.8) is 0 Å². The van der Waals surface area contributed by atoms with Crippen LogP contribution in [0.5, 0.6) is 0 Å². The van der Waals surface area contributed by atoms with Gasteiger partial charge in [0.15, 0.2) is 0 Å². The molecule has 0 spiro atoms. The molecule has 0 aromatic rings. The Hall–Kier alpha value is -1.58. The zero-order valence-electron chi connectivity index (χ0n) is 16.6. The number of carbonyl (C=O) groups is 2. The van der Waals surface area contributed by atoms with E-state index in [1.54, 1.807) is 11.1 Å². The van der Waals surface area contributed by atoms with Crippen LogP contribution in [0.4, 0.5) is 0 Å². The highest BCUT2D eigenvalue weighted by atomic mass is 16.6. The summed E-state index contributed by atoms with van der Waals surface area (Å²) in [7, 11) is 0. The van der Waals surface area contributed by atoms with E-state index >= 15 is 0 Å². The number of hydrogen-bond donors (Lipinski definition) is 0. The summed E-state index contributed by atoms with van der Waals surface area (Å²) in [5.74, 6) is 1.23. The lowest BCUT2D eigenvalue weighted by molar-refractivity contribution is -0.143. The van der Waals surface area contributed by atoms with E-state index in [0.717, 1.165) is 38.5 Å². The van der Waals surface area contributed by atoms with Gasteiger partial charge in [0.25, 0.3) is 6.47 Å². The van der Waals surface area contributed by atoms with Crippen LogP contribution in [-0.2, 0) is 19.1 Å². The highest BCUT2D eigenvalue weighted by molar-refractivity contribution is 5.77. The molecule has 4 nitrogen and oxygen atoms in total. The van der Waals surface area contributed by atoms with Crippen LogP contribution < -0.4 is 0 Å². The minimum Gasteiger partial charge on any atom is -0.464 e. The molecule has 4 aliphatic carbocycles. The number of esters is 1. The van der Waals surface area contributed by atoms with Crippen molar-refractivity contribution < 1.29 is 19.1 Å². The van der Waals surface area contributed by atoms with E-state index in [-0.39, 0.29) is 34.9 Å². The van der Waals surface area contributed by atoms with Crippen molar-refractivity contribution in [3.05, 3.63) is 22.8 Å². The molecular weight excluding hydrogens is 340 g/mol. The van der Waals surface area contributed by atoms with E-state index in [2.05, 4.69) is 26.8 Å². The maximum Gasteiger partial charge on any atom is 0.309 e. The van der Waals surface area contributed by atoms with E-state index in [1.807, 2.05) is 0 Å². The number of rotatable bonds is 2. The van der Waals surface area contributed by atoms with Gasteiger partial charge in [-0.3, -0.25) is 9.59 Å². The molecule has 0 unspecified atom stereocenters. The Labute approximate surface area is 161 Å². The summed E-state index contributed by atoms with van der Waals surface area (Å²) in [5, 5.41) is 0. The van der Waals surface area contributed by atoms with Crippen LogP contribution in [0.25, 0.3) is 0 Å². The largest absolute Gasteiger partial charge is 0.464 e. The summed E-state index contributed by atoms with van der Waals surface area (Å²) < 4.78 is 11.1. The maximum atomic E-state index is 12.2. The molecule has 27 heavy (non-hydrogen) atoms. The second kappa shape index (κ2) is 5.71. The molecule has 5 rings (SSSR count). The molecule has 146 valence electrons. The van der Waals surface area contributed by atoms with Crippen molar-refractivity contribution in [3.8, 4) is 0 Å². The second-order valence-corrected chi connectivity index (χ2v) is 9.87. The Morgan fingerprint density at radius 2 is 2.07 bits per heavy atom. The van der Waals surface area contributed by atoms with Gasteiger partial charge in [-0.25, -0.2) is 0 Å². The first-order valence-corrected chi connectivity index (χ1v) is 10.6. The molecule has 0 N–H and O–H groups in total. The molecule has 0 bridgehead atoms. The fourth-order valence-corrected chi connectivity index (χ4v) is 7.29. The SMILES string of the molecule is C[C@@H]1C(=O)O[C@@H]2CC3=C(CC[C@H]4[C@H]3CC=C3C[C@@H](OC=O)CC[C@@]34C)[C@@]12C. The van der Waals surface area contributed by atoms with Crippen LogP contribution >= 0.6 is 0 Å². The zero-order valence-corrected chi connectivity index (χ0v) is 16.6. The minimum absolute atomic E-state index is 0.0116. The van der Waals surface area contributed by atoms with Crippen LogP contribution in [0.3, 0.4) is 0 Å². The van der Waals surface area contributed by atoms with E-state index in [1.165, 1.54) is 12.0 Å². The summed E-state index contributed by atoms with van der Waals surface area (Å²) in [6.45, 7) is 7.37. The summed E-state index contributed by atoms with van der Waals surface area (Å²) in [6, 6.07) is 0. The lowest BCUT2D eigenvalue weighted by Gasteiger charge is -2.53. The van der Waals surface area contributed by atoms with Gasteiger partial charge >= 0.3 is 5.97 Å². The fourth-order valence-electron chi connectivity index (χ4n) is 7.29. The van der Waals surface area contributed by atoms with Gasteiger partial charge in [-0.2, -0.15) is 0 Å². The lowest BCUT2D eigenvalue weighted by atomic mass is 9.52. The molecule has 0 radical (unpaired) electrons. The topological polar surface area (TPSA) is 52.6 Å². The van der Waals surface area contributed by atoms with Crippen LogP contribution in [0.2, 0.25) is 0 Å². The standard InChI is InChI=1S/C23H30O4/c1-13-21(25)27-20-11-17-16-5-4-14-10-15(26-12-24)8-9-22(14,2)18(16)6-7-19(17)23(13,20)3/h4,12-13,15-16,18,20H,5-11H2,1-3H3/t13-,15+,16+,18+,20-,22+,23-/m1/s1. The van der Waals surface area contributed by atoms with Crippen molar-refractivity contribution in [2.75, 3.05) is 0 Å². The van der Waals surface area contributed by atoms with Gasteiger partial charge in [0.2, 0.25) is 0 Å². The summed E-state index contributed by atoms with van der Waals surface area (Å²) in [6.07, 6.45) is 9.89. The number of allylic oxidation sites excluding steroid dienone is 1. The van der Waals surface area contributed by atoms with E-state index in [4.69, 9.17) is 9.47 Å².